The smallest absolute Gasteiger partial charge is 0.277 e. The molecule has 0 radical (unpaired) electrons. The minimum atomic E-state index is -0.221. The first-order chi connectivity index (χ1) is 15.5. The molecule has 2 aromatic carbocycles. The summed E-state index contributed by atoms with van der Waals surface area (Å²) in [5.41, 5.74) is 2.84. The number of hydrogen-bond acceptors (Lipinski definition) is 4. The fourth-order valence-corrected chi connectivity index (χ4v) is 4.61. The molecule has 2 aliphatic rings. The number of piperidine rings is 1. The molecular formula is C26H29ClN2O3. The van der Waals surface area contributed by atoms with Crippen LogP contribution in [-0.2, 0) is 16.0 Å². The van der Waals surface area contributed by atoms with Gasteiger partial charge < -0.3 is 9.64 Å². The lowest BCUT2D eigenvalue weighted by Crippen LogP contribution is -2.39. The number of likely N-dealkylation sites (tertiary alicyclic amines) is 1. The number of carbonyl (C=O) groups is 2. The number of benzene rings is 2. The molecule has 32 heavy (non-hydrogen) atoms. The Hall–Kier alpha value is -2.79. The van der Waals surface area contributed by atoms with Gasteiger partial charge in [-0.15, -0.1) is 0 Å². The minimum absolute atomic E-state index is 0.193. The molecule has 168 valence electrons. The summed E-state index contributed by atoms with van der Waals surface area (Å²) in [5, 5.41) is 0.669. The second kappa shape index (κ2) is 9.78. The summed E-state index contributed by atoms with van der Waals surface area (Å²) in [6.07, 6.45) is 2.76. The highest BCUT2D eigenvalue weighted by atomic mass is 35.5. The second-order valence-electron chi connectivity index (χ2n) is 8.51. The van der Waals surface area contributed by atoms with E-state index >= 15 is 0 Å². The van der Waals surface area contributed by atoms with Crippen molar-refractivity contribution in [3.63, 3.8) is 0 Å². The van der Waals surface area contributed by atoms with E-state index in [0.717, 1.165) is 42.8 Å². The Morgan fingerprint density at radius 2 is 1.75 bits per heavy atom. The molecule has 1 fully saturated rings. The van der Waals surface area contributed by atoms with Crippen LogP contribution in [0.1, 0.15) is 37.8 Å². The largest absolute Gasteiger partial charge is 0.494 e. The van der Waals surface area contributed by atoms with Crippen molar-refractivity contribution in [1.29, 1.82) is 0 Å². The van der Waals surface area contributed by atoms with Crippen LogP contribution in [0, 0.1) is 5.92 Å². The van der Waals surface area contributed by atoms with Crippen molar-refractivity contribution >= 4 is 29.0 Å². The van der Waals surface area contributed by atoms with Crippen molar-refractivity contribution in [3.05, 3.63) is 70.4 Å². The Labute approximate surface area is 194 Å². The first kappa shape index (κ1) is 22.4. The van der Waals surface area contributed by atoms with E-state index in [1.165, 1.54) is 4.90 Å². The van der Waals surface area contributed by atoms with Crippen LogP contribution < -0.4 is 4.74 Å². The molecule has 1 atom stereocenters. The standard InChI is InChI=1S/C26H29ClN2O3/c1-3-32-22-12-8-20(9-13-22)23-24(28-15-4-5-18(2)17-28)26(31)29(25(23)30)16-14-19-6-10-21(27)11-7-19/h6-13,18H,3-5,14-17H2,1-2H3. The lowest BCUT2D eigenvalue weighted by atomic mass is 9.97. The molecule has 0 spiro atoms. The van der Waals surface area contributed by atoms with Crippen LogP contribution in [-0.4, -0.2) is 47.9 Å². The predicted molar refractivity (Wildman–Crippen MR) is 126 cm³/mol. The van der Waals surface area contributed by atoms with Gasteiger partial charge in [-0.1, -0.05) is 42.8 Å². The molecule has 0 aromatic heterocycles. The number of imide groups is 1. The van der Waals surface area contributed by atoms with E-state index in [4.69, 9.17) is 16.3 Å². The molecule has 5 nitrogen and oxygen atoms in total. The van der Waals surface area contributed by atoms with E-state index in [9.17, 15) is 9.59 Å². The topological polar surface area (TPSA) is 49.9 Å². The maximum Gasteiger partial charge on any atom is 0.277 e. The van der Waals surface area contributed by atoms with Gasteiger partial charge >= 0.3 is 0 Å². The van der Waals surface area contributed by atoms with E-state index in [0.29, 0.717) is 41.8 Å². The van der Waals surface area contributed by atoms with Gasteiger partial charge in [0.05, 0.1) is 12.2 Å². The Kier molecular flexibility index (Phi) is 6.85. The van der Waals surface area contributed by atoms with E-state index in [1.807, 2.05) is 55.5 Å². The van der Waals surface area contributed by atoms with Crippen LogP contribution >= 0.6 is 11.6 Å². The Bertz CT molecular complexity index is 1010. The number of amides is 2. The van der Waals surface area contributed by atoms with Gasteiger partial charge in [0.25, 0.3) is 11.8 Å². The maximum absolute atomic E-state index is 13.5. The van der Waals surface area contributed by atoms with Crippen molar-refractivity contribution < 1.29 is 14.3 Å². The molecule has 6 heteroatoms. The summed E-state index contributed by atoms with van der Waals surface area (Å²) >= 11 is 5.98. The molecule has 2 heterocycles. The zero-order valence-electron chi connectivity index (χ0n) is 18.6. The minimum Gasteiger partial charge on any atom is -0.494 e. The highest BCUT2D eigenvalue weighted by Gasteiger charge is 2.42. The molecule has 0 N–H and O–H groups in total. The maximum atomic E-state index is 13.5. The fourth-order valence-electron chi connectivity index (χ4n) is 4.49. The number of carbonyl (C=O) groups excluding carboxylic acids is 2. The summed E-state index contributed by atoms with van der Waals surface area (Å²) in [6.45, 7) is 6.64. The van der Waals surface area contributed by atoms with Crippen LogP contribution in [0.15, 0.2) is 54.2 Å². The number of nitrogens with zero attached hydrogens (tertiary/aromatic N) is 2. The van der Waals surface area contributed by atoms with Crippen LogP contribution in [0.5, 0.6) is 5.75 Å². The third-order valence-corrected chi connectivity index (χ3v) is 6.36. The van der Waals surface area contributed by atoms with E-state index < -0.39 is 0 Å². The average Bonchev–Trinajstić information content (AvgIpc) is 3.04. The molecule has 4 rings (SSSR count). The lowest BCUT2D eigenvalue weighted by molar-refractivity contribution is -0.137. The third-order valence-electron chi connectivity index (χ3n) is 6.11. The van der Waals surface area contributed by atoms with Crippen LogP contribution in [0.4, 0.5) is 0 Å². The Morgan fingerprint density at radius 3 is 2.41 bits per heavy atom. The average molecular weight is 453 g/mol. The summed E-state index contributed by atoms with van der Waals surface area (Å²) in [4.78, 5) is 30.5. The van der Waals surface area contributed by atoms with E-state index in [1.54, 1.807) is 0 Å². The molecule has 0 bridgehead atoms. The SMILES string of the molecule is CCOc1ccc(C2=C(N3CCCC(C)C3)C(=O)N(CCc3ccc(Cl)cc3)C2=O)cc1. The fraction of sp³-hybridized carbons (Fsp3) is 0.385. The number of ether oxygens (including phenoxy) is 1. The zero-order valence-corrected chi connectivity index (χ0v) is 19.4. The highest BCUT2D eigenvalue weighted by Crippen LogP contribution is 2.34. The second-order valence-corrected chi connectivity index (χ2v) is 8.95. The normalized spacial score (nSPS) is 19.2. The summed E-state index contributed by atoms with van der Waals surface area (Å²) in [7, 11) is 0. The van der Waals surface area contributed by atoms with Crippen LogP contribution in [0.25, 0.3) is 5.57 Å². The molecular weight excluding hydrogens is 424 g/mol. The monoisotopic (exact) mass is 452 g/mol. The Morgan fingerprint density at radius 1 is 1.03 bits per heavy atom. The number of hydrogen-bond donors (Lipinski definition) is 0. The van der Waals surface area contributed by atoms with Crippen molar-refractivity contribution in [3.8, 4) is 5.75 Å². The lowest BCUT2D eigenvalue weighted by Gasteiger charge is -2.33. The van der Waals surface area contributed by atoms with Gasteiger partial charge in [-0.3, -0.25) is 14.5 Å². The first-order valence-electron chi connectivity index (χ1n) is 11.3. The zero-order chi connectivity index (χ0) is 22.7. The molecule has 0 saturated carbocycles. The van der Waals surface area contributed by atoms with E-state index in [2.05, 4.69) is 11.8 Å². The quantitative estimate of drug-likeness (QED) is 0.566. The van der Waals surface area contributed by atoms with E-state index in [-0.39, 0.29) is 11.8 Å². The third kappa shape index (κ3) is 4.68. The van der Waals surface area contributed by atoms with Crippen molar-refractivity contribution in [2.45, 2.75) is 33.1 Å². The van der Waals surface area contributed by atoms with Gasteiger partial charge in [0, 0.05) is 24.7 Å². The molecule has 2 amide bonds. The predicted octanol–water partition coefficient (Wildman–Crippen LogP) is 4.79. The van der Waals surface area contributed by atoms with Crippen LogP contribution in [0.3, 0.4) is 0 Å². The molecule has 1 saturated heterocycles. The summed E-state index contributed by atoms with van der Waals surface area (Å²) in [5.74, 6) is 0.827. The van der Waals surface area contributed by atoms with Gasteiger partial charge in [-0.25, -0.2) is 0 Å². The summed E-state index contributed by atoms with van der Waals surface area (Å²) in [6, 6.07) is 15.0. The number of halogens is 1. The molecule has 2 aliphatic heterocycles. The van der Waals surface area contributed by atoms with Crippen molar-refractivity contribution in [2.24, 2.45) is 5.92 Å². The van der Waals surface area contributed by atoms with Gasteiger partial charge in [-0.2, -0.15) is 0 Å². The van der Waals surface area contributed by atoms with Crippen molar-refractivity contribution in [1.82, 2.24) is 9.80 Å². The van der Waals surface area contributed by atoms with Gasteiger partial charge in [-0.05, 0) is 67.5 Å². The molecule has 1 unspecified atom stereocenters. The van der Waals surface area contributed by atoms with Crippen LogP contribution in [0.2, 0.25) is 5.02 Å². The molecule has 0 aliphatic carbocycles. The number of rotatable bonds is 7. The van der Waals surface area contributed by atoms with Gasteiger partial charge in [0.2, 0.25) is 0 Å². The summed E-state index contributed by atoms with van der Waals surface area (Å²) < 4.78 is 5.55. The Balaban J connectivity index is 1.63. The van der Waals surface area contributed by atoms with Gasteiger partial charge in [0.15, 0.2) is 0 Å². The van der Waals surface area contributed by atoms with Crippen molar-refractivity contribution in [2.75, 3.05) is 26.2 Å². The first-order valence-corrected chi connectivity index (χ1v) is 11.7. The molecule has 2 aromatic rings. The van der Waals surface area contributed by atoms with Gasteiger partial charge in [0.1, 0.15) is 11.4 Å². The highest BCUT2D eigenvalue weighted by molar-refractivity contribution is 6.35.